The molecule has 0 aliphatic heterocycles. The van der Waals surface area contributed by atoms with E-state index in [1.165, 1.54) is 6.26 Å². The monoisotopic (exact) mass is 735 g/mol. The number of ether oxygens (including phenoxy) is 7. The third kappa shape index (κ3) is 17.4. The van der Waals surface area contributed by atoms with Gasteiger partial charge in [-0.2, -0.15) is 0 Å². The quantitative estimate of drug-likeness (QED) is 0.136. The Morgan fingerprint density at radius 2 is 1.31 bits per heavy atom. The fourth-order valence-corrected chi connectivity index (χ4v) is 3.74. The standard InChI is InChI=1S/C13H19BrO4.C9H11BrO3.C4H8O.H2P2S/c1-5-17-9(2)18-8-10-6-11(15-3)13(14)12(7-10)16-4;1-12-7-3-6(5-11)4-8(13-2)9(7)10;1-3-5-4-2;1-2-3/h6-7,9H,5,8H2,1-4H3;3-4,11H,5H2,1-2H3;3H,1,4H2,2H3;1H2/p+1/i/hT. The van der Waals surface area contributed by atoms with E-state index < -0.39 is 6.99 Å². The van der Waals surface area contributed by atoms with E-state index in [2.05, 4.69) is 63.9 Å². The third-order valence-electron chi connectivity index (χ3n) is 4.36. The molecule has 3 unspecified atom stereocenters. The fraction of sp³-hybridized carbons (Fsp3) is 0.462. The minimum Gasteiger partial charge on any atom is -0.502 e. The number of aliphatic hydroxyl groups is 1. The number of aliphatic hydroxyl groups excluding tert-OH is 1. The predicted octanol–water partition coefficient (Wildman–Crippen LogP) is 7.41. The van der Waals surface area contributed by atoms with Gasteiger partial charge in [0.25, 0.3) is 0 Å². The average molecular weight is 737 g/mol. The zero-order chi connectivity index (χ0) is 31.1. The smallest absolute Gasteiger partial charge is 0.355 e. The van der Waals surface area contributed by atoms with Crippen molar-refractivity contribution in [1.29, 1.82) is 1.28 Å². The molecule has 2 rings (SSSR count). The normalized spacial score (nSPS) is 10.9. The summed E-state index contributed by atoms with van der Waals surface area (Å²) in [5, 5.41) is 8.94. The Hall–Kier alpha value is -1.03. The maximum Gasteiger partial charge on any atom is 0.355 e. The molecule has 3 atom stereocenters. The van der Waals surface area contributed by atoms with Gasteiger partial charge in [-0.1, -0.05) is 6.58 Å². The third-order valence-corrected chi connectivity index (χ3v) is 5.93. The van der Waals surface area contributed by atoms with E-state index in [1.807, 2.05) is 32.9 Å². The lowest BCUT2D eigenvalue weighted by Gasteiger charge is -2.15. The van der Waals surface area contributed by atoms with Crippen molar-refractivity contribution in [3.8, 4) is 23.0 Å². The lowest BCUT2D eigenvalue weighted by molar-refractivity contribution is -0.134. The summed E-state index contributed by atoms with van der Waals surface area (Å²) >= 11 is 11.1. The summed E-state index contributed by atoms with van der Waals surface area (Å²) in [6, 6.07) is 7.33. The SMILES string of the molecule is C=COCC.CCOC(C)OCc1cc(OC)c(Br)c(OC)c1.COc1cc(CO)cc(OC)c1Br.[3H][P+](P)=S. The number of benzene rings is 2. The van der Waals surface area contributed by atoms with Gasteiger partial charge < -0.3 is 38.3 Å². The second-order valence-corrected chi connectivity index (χ2v) is 11.2. The molecule has 0 radical (unpaired) electrons. The molecule has 222 valence electrons. The summed E-state index contributed by atoms with van der Waals surface area (Å²) < 4.78 is 44.2. The molecule has 0 fully saturated rings. The molecule has 39 heavy (non-hydrogen) atoms. The predicted molar refractivity (Wildman–Crippen MR) is 174 cm³/mol. The number of rotatable bonds is 12. The number of hydrogen-bond acceptors (Lipinski definition) is 9. The first-order chi connectivity index (χ1) is 19.0. The van der Waals surface area contributed by atoms with Gasteiger partial charge in [0.1, 0.15) is 31.9 Å². The number of hydrogen-bond donors (Lipinski definition) is 1. The van der Waals surface area contributed by atoms with Crippen LogP contribution in [0.5, 0.6) is 23.0 Å². The molecule has 0 bridgehead atoms. The van der Waals surface area contributed by atoms with Crippen LogP contribution in [0.25, 0.3) is 0 Å². The summed E-state index contributed by atoms with van der Waals surface area (Å²) in [5.41, 5.74) is 1.73. The molecule has 0 aliphatic rings. The van der Waals surface area contributed by atoms with Crippen molar-refractivity contribution in [2.24, 2.45) is 0 Å². The van der Waals surface area contributed by atoms with Crippen LogP contribution in [-0.4, -0.2) is 54.3 Å². The van der Waals surface area contributed by atoms with Gasteiger partial charge in [-0.05, 0) is 88.0 Å². The topological polar surface area (TPSA) is 84.8 Å². The van der Waals surface area contributed by atoms with Crippen LogP contribution in [0.1, 0.15) is 31.9 Å². The van der Waals surface area contributed by atoms with Crippen molar-refractivity contribution >= 4 is 59.6 Å². The Kier molecular flexibility index (Phi) is 25.2. The molecule has 1 N–H and O–H groups in total. The van der Waals surface area contributed by atoms with E-state index >= 15 is 0 Å². The highest BCUT2D eigenvalue weighted by atomic mass is 79.9. The molecule has 8 nitrogen and oxygen atoms in total. The second-order valence-electron chi connectivity index (χ2n) is 6.85. The van der Waals surface area contributed by atoms with E-state index in [0.717, 1.165) is 38.2 Å². The zero-order valence-electron chi connectivity index (χ0n) is 24.5. The van der Waals surface area contributed by atoms with Crippen molar-refractivity contribution in [3.63, 3.8) is 0 Å². The molecule has 0 aromatic heterocycles. The van der Waals surface area contributed by atoms with Crippen LogP contribution in [0, 0.1) is 0 Å². The van der Waals surface area contributed by atoms with Gasteiger partial charge >= 0.3 is 1.28 Å². The van der Waals surface area contributed by atoms with Crippen molar-refractivity contribution < 1.29 is 38.3 Å². The Bertz CT molecular complexity index is 951. The molecule has 0 spiro atoms. The molecule has 0 heterocycles. The van der Waals surface area contributed by atoms with E-state index in [0.29, 0.717) is 24.7 Å². The summed E-state index contributed by atoms with van der Waals surface area (Å²) in [6.07, 6.45) is 1.20. The molecule has 0 amide bonds. The Morgan fingerprint density at radius 3 is 1.56 bits per heavy atom. The largest absolute Gasteiger partial charge is 0.502 e. The van der Waals surface area contributed by atoms with E-state index in [1.54, 1.807) is 40.6 Å². The van der Waals surface area contributed by atoms with Gasteiger partial charge in [-0.25, -0.2) is 0 Å². The van der Waals surface area contributed by atoms with Crippen LogP contribution in [0.2, 0.25) is 0 Å². The van der Waals surface area contributed by atoms with Crippen LogP contribution < -0.4 is 18.9 Å². The Morgan fingerprint density at radius 1 is 0.923 bits per heavy atom. The maximum atomic E-state index is 8.94. The second kappa shape index (κ2) is 25.9. The molecular formula is C26H41Br2O8P2S+. The summed E-state index contributed by atoms with van der Waals surface area (Å²) in [5.74, 6) is 2.75. The molecular weight excluding hydrogens is 694 g/mol. The van der Waals surface area contributed by atoms with Crippen LogP contribution >= 0.6 is 47.8 Å². The highest BCUT2D eigenvalue weighted by molar-refractivity contribution is 9.11. The summed E-state index contributed by atoms with van der Waals surface area (Å²) in [7, 11) is 8.58. The molecule has 0 aliphatic carbocycles. The highest BCUT2D eigenvalue weighted by Crippen LogP contribution is 2.36. The first kappa shape index (κ1) is 38.0. The van der Waals surface area contributed by atoms with Gasteiger partial charge in [0.2, 0.25) is 0 Å². The molecule has 0 saturated heterocycles. The van der Waals surface area contributed by atoms with Gasteiger partial charge in [0, 0.05) is 6.61 Å². The lowest BCUT2D eigenvalue weighted by atomic mass is 10.2. The highest BCUT2D eigenvalue weighted by Gasteiger charge is 2.11. The van der Waals surface area contributed by atoms with Crippen LogP contribution in [-0.2, 0) is 39.2 Å². The lowest BCUT2D eigenvalue weighted by Crippen LogP contribution is -2.12. The number of halogens is 2. The number of methoxy groups -OCH3 is 4. The minimum atomic E-state index is -0.870. The Balaban J connectivity index is 0. The molecule has 0 saturated carbocycles. The van der Waals surface area contributed by atoms with Gasteiger partial charge in [0.05, 0.1) is 63.5 Å². The van der Waals surface area contributed by atoms with E-state index in [9.17, 15) is 0 Å². The summed E-state index contributed by atoms with van der Waals surface area (Å²) in [6.45, 7) is 9.96. The maximum absolute atomic E-state index is 8.94. The molecule has 13 heteroatoms. The van der Waals surface area contributed by atoms with Gasteiger partial charge in [-0.3, -0.25) is 0 Å². The van der Waals surface area contributed by atoms with Crippen LogP contribution in [0.15, 0.2) is 46.1 Å². The minimum absolute atomic E-state index is 0.0278. The molecule has 2 aromatic rings. The first-order valence-corrected chi connectivity index (χ1v) is 16.7. The van der Waals surface area contributed by atoms with Gasteiger partial charge in [0.15, 0.2) is 25.1 Å². The van der Waals surface area contributed by atoms with Crippen molar-refractivity contribution in [2.75, 3.05) is 41.7 Å². The van der Waals surface area contributed by atoms with E-state index in [-0.39, 0.29) is 12.9 Å². The van der Waals surface area contributed by atoms with Crippen LogP contribution in [0.3, 0.4) is 0 Å². The van der Waals surface area contributed by atoms with Crippen LogP contribution in [0.4, 0.5) is 0 Å². The summed E-state index contributed by atoms with van der Waals surface area (Å²) in [4.78, 5) is 0. The van der Waals surface area contributed by atoms with E-state index in [4.69, 9.17) is 34.8 Å². The van der Waals surface area contributed by atoms with Crippen molar-refractivity contribution in [3.05, 3.63) is 57.2 Å². The first-order valence-electron chi connectivity index (χ1n) is 12.0. The molecule has 2 aromatic carbocycles. The Labute approximate surface area is 260 Å². The fourth-order valence-electron chi connectivity index (χ4n) is 2.64. The van der Waals surface area contributed by atoms with Crippen molar-refractivity contribution in [1.82, 2.24) is 0 Å². The zero-order valence-corrected chi connectivity index (χ0v) is 29.5. The van der Waals surface area contributed by atoms with Gasteiger partial charge in [-0.15, -0.1) is 0 Å². The average Bonchev–Trinajstić information content (AvgIpc) is 2.93. The van der Waals surface area contributed by atoms with Crippen molar-refractivity contribution in [2.45, 2.75) is 40.3 Å².